The number of ether oxygens (including phenoxy) is 1. The molecule has 0 aliphatic carbocycles. The molecule has 0 saturated carbocycles. The molecular weight excluding hydrogens is 216 g/mol. The Bertz CT molecular complexity index is 455. The lowest BCUT2D eigenvalue weighted by Crippen LogP contribution is -2.06. The van der Waals surface area contributed by atoms with Crippen molar-refractivity contribution in [2.45, 2.75) is 0 Å². The standard InChI is InChI=1S/C9H8N2O5/c1-16-9(12)7-4-6(5-10-13)2-3-8(7)11(14)15/h2-5,13H,1H3. The molecule has 0 saturated heterocycles. The summed E-state index contributed by atoms with van der Waals surface area (Å²) in [5, 5.41) is 21.7. The number of hydrogen-bond acceptors (Lipinski definition) is 6. The second-order valence-corrected chi connectivity index (χ2v) is 2.77. The maximum atomic E-state index is 11.3. The van der Waals surface area contributed by atoms with E-state index in [0.29, 0.717) is 5.56 Å². The normalized spacial score (nSPS) is 10.3. The van der Waals surface area contributed by atoms with Crippen molar-refractivity contribution in [3.63, 3.8) is 0 Å². The lowest BCUT2D eigenvalue weighted by molar-refractivity contribution is -0.385. The fraction of sp³-hybridized carbons (Fsp3) is 0.111. The highest BCUT2D eigenvalue weighted by Crippen LogP contribution is 2.20. The van der Waals surface area contributed by atoms with Gasteiger partial charge in [0, 0.05) is 6.07 Å². The number of hydrogen-bond donors (Lipinski definition) is 1. The number of nitro benzene ring substituents is 1. The third-order valence-corrected chi connectivity index (χ3v) is 1.83. The third kappa shape index (κ3) is 2.32. The second-order valence-electron chi connectivity index (χ2n) is 2.77. The summed E-state index contributed by atoms with van der Waals surface area (Å²) < 4.78 is 4.41. The van der Waals surface area contributed by atoms with Gasteiger partial charge in [-0.25, -0.2) is 4.79 Å². The number of rotatable bonds is 3. The molecule has 0 aliphatic heterocycles. The average molecular weight is 224 g/mol. The van der Waals surface area contributed by atoms with Gasteiger partial charge < -0.3 is 9.94 Å². The third-order valence-electron chi connectivity index (χ3n) is 1.83. The molecule has 1 N–H and O–H groups in total. The van der Waals surface area contributed by atoms with E-state index in [1.54, 1.807) is 0 Å². The van der Waals surface area contributed by atoms with Crippen LogP contribution in [0.4, 0.5) is 5.69 Å². The monoisotopic (exact) mass is 224 g/mol. The molecular formula is C9H8N2O5. The maximum Gasteiger partial charge on any atom is 0.344 e. The van der Waals surface area contributed by atoms with Crippen LogP contribution in [0.15, 0.2) is 23.4 Å². The van der Waals surface area contributed by atoms with Crippen molar-refractivity contribution in [1.82, 2.24) is 0 Å². The molecule has 0 aliphatic rings. The summed E-state index contributed by atoms with van der Waals surface area (Å²) in [6.07, 6.45) is 1.05. The van der Waals surface area contributed by atoms with Crippen molar-refractivity contribution < 1.29 is 19.7 Å². The number of nitro groups is 1. The first-order chi connectivity index (χ1) is 7.60. The van der Waals surface area contributed by atoms with Crippen LogP contribution >= 0.6 is 0 Å². The highest BCUT2D eigenvalue weighted by molar-refractivity contribution is 5.96. The van der Waals surface area contributed by atoms with Gasteiger partial charge in [0.2, 0.25) is 0 Å². The zero-order valence-corrected chi connectivity index (χ0v) is 8.28. The predicted octanol–water partition coefficient (Wildman–Crippen LogP) is 1.19. The molecule has 84 valence electrons. The van der Waals surface area contributed by atoms with Gasteiger partial charge >= 0.3 is 5.97 Å². The summed E-state index contributed by atoms with van der Waals surface area (Å²) in [6.45, 7) is 0. The van der Waals surface area contributed by atoms with Crippen LogP contribution in [0, 0.1) is 10.1 Å². The van der Waals surface area contributed by atoms with Crippen LogP contribution in [0.3, 0.4) is 0 Å². The lowest BCUT2D eigenvalue weighted by Gasteiger charge is -2.01. The van der Waals surface area contributed by atoms with Crippen LogP contribution in [0.25, 0.3) is 0 Å². The summed E-state index contributed by atoms with van der Waals surface area (Å²) >= 11 is 0. The second kappa shape index (κ2) is 4.87. The first kappa shape index (κ1) is 11.6. The topological polar surface area (TPSA) is 102 Å². The largest absolute Gasteiger partial charge is 0.465 e. The van der Waals surface area contributed by atoms with Crippen LogP contribution in [0.1, 0.15) is 15.9 Å². The minimum Gasteiger partial charge on any atom is -0.465 e. The Hall–Kier alpha value is -2.44. The van der Waals surface area contributed by atoms with Crippen LogP contribution in [-0.2, 0) is 4.74 Å². The van der Waals surface area contributed by atoms with Crippen LogP contribution in [0.2, 0.25) is 0 Å². The van der Waals surface area contributed by atoms with E-state index >= 15 is 0 Å². The molecule has 0 spiro atoms. The van der Waals surface area contributed by atoms with Crippen molar-refractivity contribution in [3.05, 3.63) is 39.4 Å². The van der Waals surface area contributed by atoms with Gasteiger partial charge in [-0.1, -0.05) is 5.16 Å². The Morgan fingerprint density at radius 2 is 2.31 bits per heavy atom. The van der Waals surface area contributed by atoms with Crippen LogP contribution in [-0.4, -0.2) is 29.4 Å². The first-order valence-corrected chi connectivity index (χ1v) is 4.14. The van der Waals surface area contributed by atoms with Gasteiger partial charge in [-0.3, -0.25) is 10.1 Å². The van der Waals surface area contributed by atoms with E-state index < -0.39 is 10.9 Å². The minimum absolute atomic E-state index is 0.190. The SMILES string of the molecule is COC(=O)c1cc(C=NO)ccc1[N+](=O)[O-]. The fourth-order valence-electron chi connectivity index (χ4n) is 1.13. The summed E-state index contributed by atoms with van der Waals surface area (Å²) in [5.74, 6) is -0.820. The number of methoxy groups -OCH3 is 1. The van der Waals surface area contributed by atoms with Crippen molar-refractivity contribution in [1.29, 1.82) is 0 Å². The molecule has 0 atom stereocenters. The molecule has 0 bridgehead atoms. The van der Waals surface area contributed by atoms with Gasteiger partial charge in [-0.2, -0.15) is 0 Å². The van der Waals surface area contributed by atoms with E-state index in [1.807, 2.05) is 0 Å². The van der Waals surface area contributed by atoms with Gasteiger partial charge in [0.1, 0.15) is 5.56 Å². The van der Waals surface area contributed by atoms with Gasteiger partial charge in [0.05, 0.1) is 18.2 Å². The molecule has 0 radical (unpaired) electrons. The Labute approximate surface area is 90.1 Å². The quantitative estimate of drug-likeness (QED) is 0.273. The number of carbonyl (C=O) groups is 1. The molecule has 1 rings (SSSR count). The van der Waals surface area contributed by atoms with E-state index in [0.717, 1.165) is 19.4 Å². The van der Waals surface area contributed by atoms with E-state index in [9.17, 15) is 14.9 Å². The van der Waals surface area contributed by atoms with Crippen molar-refractivity contribution in [2.24, 2.45) is 5.16 Å². The lowest BCUT2D eigenvalue weighted by atomic mass is 10.1. The molecule has 0 amide bonds. The summed E-state index contributed by atoms with van der Waals surface area (Å²) in [7, 11) is 1.12. The van der Waals surface area contributed by atoms with Gasteiger partial charge in [0.25, 0.3) is 5.69 Å². The van der Waals surface area contributed by atoms with E-state index in [-0.39, 0.29) is 11.3 Å². The molecule has 0 fully saturated rings. The molecule has 0 unspecified atom stereocenters. The highest BCUT2D eigenvalue weighted by atomic mass is 16.6. The van der Waals surface area contributed by atoms with Gasteiger partial charge in [0.15, 0.2) is 0 Å². The molecule has 7 heteroatoms. The Balaban J connectivity index is 3.32. The Morgan fingerprint density at radius 1 is 1.62 bits per heavy atom. The Morgan fingerprint density at radius 3 is 2.81 bits per heavy atom. The number of nitrogens with zero attached hydrogens (tertiary/aromatic N) is 2. The average Bonchev–Trinajstić information content (AvgIpc) is 2.28. The molecule has 16 heavy (non-hydrogen) atoms. The summed E-state index contributed by atoms with van der Waals surface area (Å²) in [6, 6.07) is 3.71. The smallest absolute Gasteiger partial charge is 0.344 e. The van der Waals surface area contributed by atoms with E-state index in [1.165, 1.54) is 12.1 Å². The number of esters is 1. The Kier molecular flexibility index (Phi) is 3.54. The first-order valence-electron chi connectivity index (χ1n) is 4.14. The number of oxime groups is 1. The van der Waals surface area contributed by atoms with Crippen LogP contribution < -0.4 is 0 Å². The van der Waals surface area contributed by atoms with Crippen molar-refractivity contribution >= 4 is 17.9 Å². The van der Waals surface area contributed by atoms with E-state index in [4.69, 9.17) is 5.21 Å². The van der Waals surface area contributed by atoms with Crippen LogP contribution in [0.5, 0.6) is 0 Å². The predicted molar refractivity (Wildman–Crippen MR) is 53.8 cm³/mol. The van der Waals surface area contributed by atoms with E-state index in [2.05, 4.69) is 9.89 Å². The zero-order chi connectivity index (χ0) is 12.1. The number of benzene rings is 1. The maximum absolute atomic E-state index is 11.3. The van der Waals surface area contributed by atoms with Gasteiger partial charge in [-0.05, 0) is 17.7 Å². The summed E-state index contributed by atoms with van der Waals surface area (Å²) in [5.41, 5.74) is -0.194. The summed E-state index contributed by atoms with van der Waals surface area (Å²) in [4.78, 5) is 21.2. The minimum atomic E-state index is -0.820. The molecule has 1 aromatic carbocycles. The van der Waals surface area contributed by atoms with Gasteiger partial charge in [-0.15, -0.1) is 0 Å². The zero-order valence-electron chi connectivity index (χ0n) is 8.28. The molecule has 1 aromatic rings. The molecule has 0 aromatic heterocycles. The van der Waals surface area contributed by atoms with Crippen molar-refractivity contribution in [3.8, 4) is 0 Å². The number of carbonyl (C=O) groups excluding carboxylic acids is 1. The molecule has 7 nitrogen and oxygen atoms in total. The highest BCUT2D eigenvalue weighted by Gasteiger charge is 2.20. The fourth-order valence-corrected chi connectivity index (χ4v) is 1.13. The van der Waals surface area contributed by atoms with Crippen molar-refractivity contribution in [2.75, 3.05) is 7.11 Å². The molecule has 0 heterocycles.